The van der Waals surface area contributed by atoms with Crippen LogP contribution in [0.5, 0.6) is 0 Å². The molecule has 1 aromatic heterocycles. The smallest absolute Gasteiger partial charge is 0.227 e. The SMILES string of the molecule is Cc1cc(Nc2cccc(F)c2)nc(N2CCN(Cc3ccccc3)CC2)n1. The third-order valence-corrected chi connectivity index (χ3v) is 4.84. The van der Waals surface area contributed by atoms with Gasteiger partial charge in [-0.15, -0.1) is 0 Å². The van der Waals surface area contributed by atoms with Gasteiger partial charge in [0.2, 0.25) is 5.95 Å². The molecule has 0 spiro atoms. The molecule has 0 unspecified atom stereocenters. The Bertz CT molecular complexity index is 923. The molecule has 144 valence electrons. The Morgan fingerprint density at radius 3 is 2.46 bits per heavy atom. The van der Waals surface area contributed by atoms with Crippen molar-refractivity contribution in [2.75, 3.05) is 36.4 Å². The fourth-order valence-electron chi connectivity index (χ4n) is 3.42. The van der Waals surface area contributed by atoms with Gasteiger partial charge in [0, 0.05) is 50.2 Å². The molecule has 1 N–H and O–H groups in total. The van der Waals surface area contributed by atoms with E-state index < -0.39 is 0 Å². The first kappa shape index (κ1) is 18.4. The standard InChI is InChI=1S/C22H24FN5/c1-17-14-21(25-20-9-5-8-19(23)15-20)26-22(24-17)28-12-10-27(11-13-28)16-18-6-3-2-4-7-18/h2-9,14-15H,10-13,16H2,1H3,(H,24,25,26). The van der Waals surface area contributed by atoms with Gasteiger partial charge in [0.1, 0.15) is 11.6 Å². The van der Waals surface area contributed by atoms with Crippen LogP contribution in [0.4, 0.5) is 21.8 Å². The fourth-order valence-corrected chi connectivity index (χ4v) is 3.42. The molecule has 0 amide bonds. The second kappa shape index (κ2) is 8.35. The molecule has 0 aliphatic carbocycles. The zero-order valence-electron chi connectivity index (χ0n) is 16.0. The highest BCUT2D eigenvalue weighted by molar-refractivity contribution is 5.57. The van der Waals surface area contributed by atoms with Crippen LogP contribution in [-0.2, 0) is 6.54 Å². The lowest BCUT2D eigenvalue weighted by Crippen LogP contribution is -2.46. The van der Waals surface area contributed by atoms with E-state index in [-0.39, 0.29) is 5.82 Å². The van der Waals surface area contributed by atoms with Crippen LogP contribution in [0.1, 0.15) is 11.3 Å². The molecule has 0 atom stereocenters. The maximum atomic E-state index is 13.4. The second-order valence-corrected chi connectivity index (χ2v) is 7.08. The number of rotatable bonds is 5. The average Bonchev–Trinajstić information content (AvgIpc) is 2.69. The summed E-state index contributed by atoms with van der Waals surface area (Å²) in [6.45, 7) is 6.63. The summed E-state index contributed by atoms with van der Waals surface area (Å²) in [6.07, 6.45) is 0. The lowest BCUT2D eigenvalue weighted by atomic mass is 10.2. The Labute approximate surface area is 164 Å². The summed E-state index contributed by atoms with van der Waals surface area (Å²) < 4.78 is 13.4. The highest BCUT2D eigenvalue weighted by Crippen LogP contribution is 2.20. The van der Waals surface area contributed by atoms with E-state index in [4.69, 9.17) is 0 Å². The third kappa shape index (κ3) is 4.64. The lowest BCUT2D eigenvalue weighted by Gasteiger charge is -2.35. The molecule has 1 fully saturated rings. The van der Waals surface area contributed by atoms with Crippen LogP contribution in [0, 0.1) is 12.7 Å². The molecule has 3 aromatic rings. The molecule has 0 saturated carbocycles. The van der Waals surface area contributed by atoms with Crippen LogP contribution in [0.3, 0.4) is 0 Å². The Kier molecular flexibility index (Phi) is 5.48. The molecule has 4 rings (SSSR count). The molecule has 0 radical (unpaired) electrons. The van der Waals surface area contributed by atoms with E-state index in [9.17, 15) is 4.39 Å². The van der Waals surface area contributed by atoms with Crippen molar-refractivity contribution in [1.29, 1.82) is 0 Å². The average molecular weight is 377 g/mol. The van der Waals surface area contributed by atoms with Crippen LogP contribution < -0.4 is 10.2 Å². The number of benzene rings is 2. The number of aryl methyl sites for hydroxylation is 1. The first-order chi connectivity index (χ1) is 13.7. The van der Waals surface area contributed by atoms with Crippen LogP contribution in [0.25, 0.3) is 0 Å². The summed E-state index contributed by atoms with van der Waals surface area (Å²) in [5, 5.41) is 3.18. The number of anilines is 3. The van der Waals surface area contributed by atoms with Gasteiger partial charge in [-0.3, -0.25) is 4.90 Å². The van der Waals surface area contributed by atoms with Gasteiger partial charge in [-0.1, -0.05) is 36.4 Å². The van der Waals surface area contributed by atoms with Gasteiger partial charge in [0.05, 0.1) is 0 Å². The summed E-state index contributed by atoms with van der Waals surface area (Å²) in [7, 11) is 0. The predicted octanol–water partition coefficient (Wildman–Crippen LogP) is 3.99. The lowest BCUT2D eigenvalue weighted by molar-refractivity contribution is 0.248. The summed E-state index contributed by atoms with van der Waals surface area (Å²) in [5.74, 6) is 1.13. The summed E-state index contributed by atoms with van der Waals surface area (Å²) in [5.41, 5.74) is 2.90. The van der Waals surface area contributed by atoms with E-state index in [2.05, 4.69) is 49.4 Å². The predicted molar refractivity (Wildman–Crippen MR) is 110 cm³/mol. The van der Waals surface area contributed by atoms with Gasteiger partial charge in [-0.2, -0.15) is 4.98 Å². The molecule has 1 aliphatic heterocycles. The van der Waals surface area contributed by atoms with Gasteiger partial charge >= 0.3 is 0 Å². The Morgan fingerprint density at radius 2 is 1.71 bits per heavy atom. The number of halogens is 1. The van der Waals surface area contributed by atoms with Crippen molar-refractivity contribution in [3.05, 3.63) is 77.7 Å². The first-order valence-electron chi connectivity index (χ1n) is 9.55. The van der Waals surface area contributed by atoms with Crippen LogP contribution in [0.15, 0.2) is 60.7 Å². The number of hydrogen-bond donors (Lipinski definition) is 1. The summed E-state index contributed by atoms with van der Waals surface area (Å²) in [4.78, 5) is 13.9. The molecule has 0 bridgehead atoms. The summed E-state index contributed by atoms with van der Waals surface area (Å²) >= 11 is 0. The molecule has 5 nitrogen and oxygen atoms in total. The molecule has 1 aliphatic rings. The van der Waals surface area contributed by atoms with Gasteiger partial charge in [0.15, 0.2) is 0 Å². The summed E-state index contributed by atoms with van der Waals surface area (Å²) in [6, 6.07) is 18.8. The maximum Gasteiger partial charge on any atom is 0.227 e. The van der Waals surface area contributed by atoms with Crippen molar-refractivity contribution in [2.45, 2.75) is 13.5 Å². The Balaban J connectivity index is 1.41. The topological polar surface area (TPSA) is 44.3 Å². The Hall–Kier alpha value is -2.99. The van der Waals surface area contributed by atoms with E-state index in [0.29, 0.717) is 11.5 Å². The second-order valence-electron chi connectivity index (χ2n) is 7.08. The van der Waals surface area contributed by atoms with Crippen molar-refractivity contribution in [3.63, 3.8) is 0 Å². The van der Waals surface area contributed by atoms with E-state index in [1.54, 1.807) is 6.07 Å². The first-order valence-corrected chi connectivity index (χ1v) is 9.55. The Morgan fingerprint density at radius 1 is 0.929 bits per heavy atom. The maximum absolute atomic E-state index is 13.4. The minimum Gasteiger partial charge on any atom is -0.340 e. The van der Waals surface area contributed by atoms with E-state index >= 15 is 0 Å². The zero-order chi connectivity index (χ0) is 19.3. The number of aromatic nitrogens is 2. The van der Waals surface area contributed by atoms with Gasteiger partial charge in [0.25, 0.3) is 0 Å². The van der Waals surface area contributed by atoms with Crippen LogP contribution in [0.2, 0.25) is 0 Å². The zero-order valence-corrected chi connectivity index (χ0v) is 16.0. The quantitative estimate of drug-likeness (QED) is 0.728. The van der Waals surface area contributed by atoms with E-state index in [0.717, 1.165) is 44.4 Å². The van der Waals surface area contributed by atoms with Crippen molar-refractivity contribution in [1.82, 2.24) is 14.9 Å². The van der Waals surface area contributed by atoms with E-state index in [1.807, 2.05) is 25.1 Å². The number of piperazine rings is 1. The van der Waals surface area contributed by atoms with Crippen LogP contribution in [-0.4, -0.2) is 41.0 Å². The van der Waals surface area contributed by atoms with Crippen molar-refractivity contribution < 1.29 is 4.39 Å². The minimum absolute atomic E-state index is 0.273. The molecule has 2 aromatic carbocycles. The van der Waals surface area contributed by atoms with Crippen LogP contribution >= 0.6 is 0 Å². The molecule has 28 heavy (non-hydrogen) atoms. The monoisotopic (exact) mass is 377 g/mol. The molecular weight excluding hydrogens is 353 g/mol. The number of nitrogens with zero attached hydrogens (tertiary/aromatic N) is 4. The normalized spacial score (nSPS) is 14.9. The molecular formula is C22H24FN5. The van der Waals surface area contributed by atoms with Crippen molar-refractivity contribution >= 4 is 17.5 Å². The van der Waals surface area contributed by atoms with Crippen molar-refractivity contribution in [2.24, 2.45) is 0 Å². The van der Waals surface area contributed by atoms with Gasteiger partial charge in [-0.05, 0) is 30.7 Å². The fraction of sp³-hybridized carbons (Fsp3) is 0.273. The molecule has 6 heteroatoms. The minimum atomic E-state index is -0.273. The number of hydrogen-bond acceptors (Lipinski definition) is 5. The highest BCUT2D eigenvalue weighted by atomic mass is 19.1. The molecule has 2 heterocycles. The van der Waals surface area contributed by atoms with Crippen molar-refractivity contribution in [3.8, 4) is 0 Å². The third-order valence-electron chi connectivity index (χ3n) is 4.84. The van der Waals surface area contributed by atoms with Gasteiger partial charge in [-0.25, -0.2) is 9.37 Å². The number of nitrogens with one attached hydrogen (secondary N) is 1. The van der Waals surface area contributed by atoms with E-state index in [1.165, 1.54) is 17.7 Å². The van der Waals surface area contributed by atoms with Gasteiger partial charge < -0.3 is 10.2 Å². The highest BCUT2D eigenvalue weighted by Gasteiger charge is 2.19. The molecule has 1 saturated heterocycles. The largest absolute Gasteiger partial charge is 0.340 e.